The van der Waals surface area contributed by atoms with Crippen molar-refractivity contribution in [1.82, 2.24) is 0 Å². The van der Waals surface area contributed by atoms with Gasteiger partial charge in [0.2, 0.25) is 0 Å². The zero-order chi connectivity index (χ0) is 13.1. The van der Waals surface area contributed by atoms with Gasteiger partial charge in [-0.1, -0.05) is 12.1 Å². The number of hydrogen-bond donors (Lipinski definition) is 3. The Morgan fingerprint density at radius 1 is 1.59 bits per heavy atom. The Morgan fingerprint density at radius 3 is 2.71 bits per heavy atom. The summed E-state index contributed by atoms with van der Waals surface area (Å²) in [5.74, 6) is -0.524. The van der Waals surface area contributed by atoms with Crippen LogP contribution >= 0.6 is 0 Å². The van der Waals surface area contributed by atoms with Crippen molar-refractivity contribution in [2.75, 3.05) is 0 Å². The smallest absolute Gasteiger partial charge is 0.537 e. The Morgan fingerprint density at radius 2 is 2.24 bits per heavy atom. The summed E-state index contributed by atoms with van der Waals surface area (Å²) < 4.78 is 4.85. The van der Waals surface area contributed by atoms with E-state index < -0.39 is 11.5 Å². The van der Waals surface area contributed by atoms with Crippen LogP contribution in [0, 0.1) is 6.92 Å². The zero-order valence-corrected chi connectivity index (χ0v) is 9.80. The first-order valence-electron chi connectivity index (χ1n) is 5.11. The van der Waals surface area contributed by atoms with Crippen LogP contribution in [0.3, 0.4) is 0 Å². The van der Waals surface area contributed by atoms with Gasteiger partial charge in [-0.15, -0.1) is 0 Å². The molecule has 0 bridgehead atoms. The highest BCUT2D eigenvalue weighted by Gasteiger charge is 2.28. The fourth-order valence-electron chi connectivity index (χ4n) is 1.51. The van der Waals surface area contributed by atoms with E-state index in [4.69, 9.17) is 20.5 Å². The van der Waals surface area contributed by atoms with Crippen molar-refractivity contribution in [3.63, 3.8) is 0 Å². The minimum absolute atomic E-state index is 0.228. The topological polar surface area (TPSA) is 92.8 Å². The Hall–Kier alpha value is -1.53. The highest BCUT2D eigenvalue weighted by Crippen LogP contribution is 2.21. The Kier molecular flexibility index (Phi) is 4.14. The highest BCUT2D eigenvalue weighted by atomic mass is 16.5. The summed E-state index contributed by atoms with van der Waals surface area (Å²) in [7, 11) is 0.603. The molecule has 0 saturated carbocycles. The van der Waals surface area contributed by atoms with Gasteiger partial charge in [-0.2, -0.15) is 0 Å². The number of carboxylic acids is 1. The fourth-order valence-corrected chi connectivity index (χ4v) is 1.51. The van der Waals surface area contributed by atoms with E-state index in [0.29, 0.717) is 13.4 Å². The maximum Gasteiger partial charge on any atom is 0.569 e. The molecule has 0 fully saturated rings. The van der Waals surface area contributed by atoms with E-state index >= 15 is 0 Å². The molecule has 0 aliphatic carbocycles. The first kappa shape index (κ1) is 13.5. The van der Waals surface area contributed by atoms with Gasteiger partial charge in [0.05, 0.1) is 0 Å². The number of nitrogens with two attached hydrogens (primary N) is 1. The summed E-state index contributed by atoms with van der Waals surface area (Å²) >= 11 is 0. The van der Waals surface area contributed by atoms with Gasteiger partial charge in [0.1, 0.15) is 11.3 Å². The van der Waals surface area contributed by atoms with Gasteiger partial charge >= 0.3 is 13.7 Å². The summed E-state index contributed by atoms with van der Waals surface area (Å²) in [6.45, 7) is 3.27. The van der Waals surface area contributed by atoms with E-state index in [1.54, 1.807) is 25.1 Å². The Labute approximate surface area is 101 Å². The number of hydrogen-bond acceptors (Lipinski definition) is 4. The van der Waals surface area contributed by atoms with Crippen molar-refractivity contribution in [3.8, 4) is 5.75 Å². The molecule has 1 aromatic carbocycles. The summed E-state index contributed by atoms with van der Waals surface area (Å²) in [6.07, 6.45) is 0.228. The lowest BCUT2D eigenvalue weighted by Crippen LogP contribution is -2.46. The van der Waals surface area contributed by atoms with E-state index in [1.165, 1.54) is 6.92 Å². The highest BCUT2D eigenvalue weighted by molar-refractivity contribution is 6.17. The Bertz CT molecular complexity index is 420. The molecule has 0 aliphatic rings. The van der Waals surface area contributed by atoms with Crippen LogP contribution in [0.4, 0.5) is 0 Å². The maximum absolute atomic E-state index is 10.9. The number of aliphatic carboxylic acids is 1. The second kappa shape index (κ2) is 5.20. The van der Waals surface area contributed by atoms with E-state index in [0.717, 1.165) is 11.1 Å². The number of carboxylic acid groups (broad SMARTS) is 1. The van der Waals surface area contributed by atoms with Crippen LogP contribution in [-0.4, -0.2) is 29.3 Å². The summed E-state index contributed by atoms with van der Waals surface area (Å²) in [5, 5.41) is 17.5. The molecule has 0 amide bonds. The van der Waals surface area contributed by atoms with Crippen LogP contribution in [0.2, 0.25) is 0 Å². The van der Waals surface area contributed by atoms with Crippen LogP contribution in [0.5, 0.6) is 5.75 Å². The average molecular weight is 236 g/mol. The molecular weight excluding hydrogens is 221 g/mol. The largest absolute Gasteiger partial charge is 0.569 e. The zero-order valence-electron chi connectivity index (χ0n) is 9.80. The average Bonchev–Trinajstić information content (AvgIpc) is 2.21. The molecule has 0 aliphatic heterocycles. The molecule has 4 N–H and O–H groups in total. The molecule has 5 nitrogen and oxygen atoms in total. The van der Waals surface area contributed by atoms with Crippen LogP contribution < -0.4 is 10.4 Å². The molecule has 91 valence electrons. The molecule has 1 atom stereocenters. The lowest BCUT2D eigenvalue weighted by atomic mass is 9.93. The first-order valence-corrected chi connectivity index (χ1v) is 5.11. The van der Waals surface area contributed by atoms with Gasteiger partial charge in [0.15, 0.2) is 0 Å². The molecule has 0 aromatic heterocycles. The Balaban J connectivity index is 2.87. The minimum Gasteiger partial charge on any atom is -0.537 e. The number of rotatable bonds is 5. The monoisotopic (exact) mass is 236 g/mol. The summed E-state index contributed by atoms with van der Waals surface area (Å²) in [5.41, 5.74) is 5.97. The third-order valence-electron chi connectivity index (χ3n) is 2.48. The summed E-state index contributed by atoms with van der Waals surface area (Å²) in [6, 6.07) is 5.17. The molecular formula is C11H15BNO4. The predicted octanol–water partition coefficient (Wildman–Crippen LogP) is 0.245. The standard InChI is InChI=1S/C11H15BNO4/c1-7-5-8(3-4-9(7)17-12-16)6-11(2,13)10(14)15/h3-5,16H,6,13H2,1-2H3,(H,14,15)/t11-/m0/s1. The van der Waals surface area contributed by atoms with Crippen molar-refractivity contribution < 1.29 is 19.6 Å². The molecule has 0 saturated heterocycles. The molecule has 0 spiro atoms. The van der Waals surface area contributed by atoms with E-state index in [2.05, 4.69) is 0 Å². The van der Waals surface area contributed by atoms with Crippen LogP contribution in [0.15, 0.2) is 18.2 Å². The normalized spacial score (nSPS) is 13.9. The maximum atomic E-state index is 10.9. The fraction of sp³-hybridized carbons (Fsp3) is 0.364. The van der Waals surface area contributed by atoms with Gasteiger partial charge in [0.25, 0.3) is 0 Å². The molecule has 1 radical (unpaired) electrons. The molecule has 0 unspecified atom stereocenters. The van der Waals surface area contributed by atoms with Gasteiger partial charge in [-0.05, 0) is 31.0 Å². The molecule has 6 heteroatoms. The van der Waals surface area contributed by atoms with Gasteiger partial charge in [-0.3, -0.25) is 4.79 Å². The SMILES string of the molecule is Cc1cc(C[C@](C)(N)C(=O)O)ccc1O[B]O. The van der Waals surface area contributed by atoms with Crippen LogP contribution in [0.1, 0.15) is 18.1 Å². The lowest BCUT2D eigenvalue weighted by molar-refractivity contribution is -0.142. The van der Waals surface area contributed by atoms with Crippen LogP contribution in [0.25, 0.3) is 0 Å². The number of carbonyl (C=O) groups is 1. The predicted molar refractivity (Wildman–Crippen MR) is 63.7 cm³/mol. The molecule has 1 rings (SSSR count). The van der Waals surface area contributed by atoms with Crippen molar-refractivity contribution >= 4 is 13.7 Å². The van der Waals surface area contributed by atoms with Gasteiger partial charge in [0, 0.05) is 6.42 Å². The lowest BCUT2D eigenvalue weighted by Gasteiger charge is -2.19. The van der Waals surface area contributed by atoms with E-state index in [1.807, 2.05) is 0 Å². The second-order valence-corrected chi connectivity index (χ2v) is 4.22. The molecule has 1 aromatic rings. The van der Waals surface area contributed by atoms with Crippen LogP contribution in [-0.2, 0) is 11.2 Å². The van der Waals surface area contributed by atoms with Gasteiger partial charge < -0.3 is 20.5 Å². The molecule has 0 heterocycles. The molecule has 17 heavy (non-hydrogen) atoms. The minimum atomic E-state index is -1.29. The third kappa shape index (κ3) is 3.47. The van der Waals surface area contributed by atoms with Gasteiger partial charge in [-0.25, -0.2) is 0 Å². The number of benzene rings is 1. The van der Waals surface area contributed by atoms with Crippen molar-refractivity contribution in [2.45, 2.75) is 25.8 Å². The van der Waals surface area contributed by atoms with E-state index in [-0.39, 0.29) is 6.42 Å². The third-order valence-corrected chi connectivity index (χ3v) is 2.48. The van der Waals surface area contributed by atoms with Crippen molar-refractivity contribution in [2.24, 2.45) is 5.73 Å². The first-order chi connectivity index (χ1) is 7.86. The van der Waals surface area contributed by atoms with E-state index in [9.17, 15) is 4.79 Å². The second-order valence-electron chi connectivity index (χ2n) is 4.22. The van der Waals surface area contributed by atoms with Crippen molar-refractivity contribution in [1.29, 1.82) is 0 Å². The van der Waals surface area contributed by atoms with Crippen molar-refractivity contribution in [3.05, 3.63) is 29.3 Å². The quantitative estimate of drug-likeness (QED) is 0.637. The summed E-state index contributed by atoms with van der Waals surface area (Å²) in [4.78, 5) is 10.9. The number of aryl methyl sites for hydroxylation is 1.